The summed E-state index contributed by atoms with van der Waals surface area (Å²) < 4.78 is 0. The average Bonchev–Trinajstić information content (AvgIpc) is 2.41. The molecule has 0 aliphatic heterocycles. The molecular weight excluding hydrogens is 252 g/mol. The number of carbonyl (C=O) groups excluding carboxylic acids is 1. The third kappa shape index (κ3) is 2.93. The molecule has 0 spiro atoms. The highest BCUT2D eigenvalue weighted by atomic mass is 16.1. The Balaban J connectivity index is 2.30. The highest BCUT2D eigenvalue weighted by Crippen LogP contribution is 2.27. The van der Waals surface area contributed by atoms with Gasteiger partial charge >= 0.3 is 0 Å². The summed E-state index contributed by atoms with van der Waals surface area (Å²) in [5, 5.41) is 2.91. The predicted molar refractivity (Wildman–Crippen MR) is 79.7 cm³/mol. The van der Waals surface area contributed by atoms with Crippen LogP contribution >= 0.6 is 0 Å². The standard InChI is InChI=1S/C15H18N4O/c1-9(2)11-6-4-5-10(3)14(11)19-15(20)12-7-18-13(16)8-17-12/h4-9H,1-3H3,(H2,16,18)(H,19,20). The van der Waals surface area contributed by atoms with Crippen LogP contribution in [0.25, 0.3) is 0 Å². The predicted octanol–water partition coefficient (Wildman–Crippen LogP) is 2.74. The fourth-order valence-corrected chi connectivity index (χ4v) is 1.98. The lowest BCUT2D eigenvalue weighted by atomic mass is 9.98. The van der Waals surface area contributed by atoms with E-state index in [1.54, 1.807) is 0 Å². The molecule has 5 heteroatoms. The van der Waals surface area contributed by atoms with Gasteiger partial charge in [-0.2, -0.15) is 0 Å². The molecule has 0 saturated heterocycles. The zero-order valence-corrected chi connectivity index (χ0v) is 11.8. The fourth-order valence-electron chi connectivity index (χ4n) is 1.98. The monoisotopic (exact) mass is 270 g/mol. The van der Waals surface area contributed by atoms with E-state index in [-0.39, 0.29) is 11.6 Å². The number of nitrogen functional groups attached to an aromatic ring is 1. The number of para-hydroxylation sites is 1. The number of benzene rings is 1. The van der Waals surface area contributed by atoms with Crippen molar-refractivity contribution in [1.82, 2.24) is 9.97 Å². The topological polar surface area (TPSA) is 80.9 Å². The number of amides is 1. The van der Waals surface area contributed by atoms with Gasteiger partial charge < -0.3 is 11.1 Å². The van der Waals surface area contributed by atoms with E-state index in [0.29, 0.717) is 11.7 Å². The van der Waals surface area contributed by atoms with Gasteiger partial charge in [-0.1, -0.05) is 32.0 Å². The van der Waals surface area contributed by atoms with E-state index in [2.05, 4.69) is 29.1 Å². The van der Waals surface area contributed by atoms with Gasteiger partial charge in [-0.15, -0.1) is 0 Å². The summed E-state index contributed by atoms with van der Waals surface area (Å²) in [6.07, 6.45) is 2.74. The van der Waals surface area contributed by atoms with Crippen LogP contribution in [-0.2, 0) is 0 Å². The smallest absolute Gasteiger partial charge is 0.275 e. The molecule has 0 fully saturated rings. The van der Waals surface area contributed by atoms with Crippen LogP contribution in [0.4, 0.5) is 11.5 Å². The molecule has 0 aliphatic rings. The van der Waals surface area contributed by atoms with Gasteiger partial charge in [-0.05, 0) is 24.0 Å². The molecule has 0 aliphatic carbocycles. The molecule has 0 unspecified atom stereocenters. The Morgan fingerprint density at radius 3 is 2.60 bits per heavy atom. The van der Waals surface area contributed by atoms with Crippen molar-refractivity contribution in [2.75, 3.05) is 11.1 Å². The Morgan fingerprint density at radius 2 is 2.00 bits per heavy atom. The van der Waals surface area contributed by atoms with Gasteiger partial charge in [0.15, 0.2) is 0 Å². The van der Waals surface area contributed by atoms with Crippen molar-refractivity contribution in [1.29, 1.82) is 0 Å². The van der Waals surface area contributed by atoms with Crippen LogP contribution < -0.4 is 11.1 Å². The van der Waals surface area contributed by atoms with Crippen LogP contribution in [0.5, 0.6) is 0 Å². The number of anilines is 2. The molecule has 2 aromatic rings. The number of nitrogens with two attached hydrogens (primary N) is 1. The minimum Gasteiger partial charge on any atom is -0.382 e. The lowest BCUT2D eigenvalue weighted by Gasteiger charge is -2.16. The van der Waals surface area contributed by atoms with E-state index in [1.807, 2.05) is 25.1 Å². The number of nitrogens with zero attached hydrogens (tertiary/aromatic N) is 2. The summed E-state index contributed by atoms with van der Waals surface area (Å²) in [6, 6.07) is 5.97. The molecule has 3 N–H and O–H groups in total. The molecular formula is C15H18N4O. The molecule has 1 aromatic heterocycles. The SMILES string of the molecule is Cc1cccc(C(C)C)c1NC(=O)c1cnc(N)cn1. The molecule has 5 nitrogen and oxygen atoms in total. The quantitative estimate of drug-likeness (QED) is 0.898. The summed E-state index contributed by atoms with van der Waals surface area (Å²) >= 11 is 0. The lowest BCUT2D eigenvalue weighted by molar-refractivity contribution is 0.102. The van der Waals surface area contributed by atoms with Crippen molar-refractivity contribution in [3.8, 4) is 0 Å². The first-order valence-electron chi connectivity index (χ1n) is 6.47. The molecule has 2 rings (SSSR count). The van der Waals surface area contributed by atoms with Crippen molar-refractivity contribution < 1.29 is 4.79 Å². The minimum absolute atomic E-state index is 0.247. The molecule has 1 aromatic carbocycles. The maximum absolute atomic E-state index is 12.2. The Morgan fingerprint density at radius 1 is 1.25 bits per heavy atom. The Bertz CT molecular complexity index is 620. The normalized spacial score (nSPS) is 10.6. The number of aromatic nitrogens is 2. The Hall–Kier alpha value is -2.43. The number of aryl methyl sites for hydroxylation is 1. The number of rotatable bonds is 3. The second-order valence-corrected chi connectivity index (χ2v) is 4.97. The highest BCUT2D eigenvalue weighted by Gasteiger charge is 2.14. The van der Waals surface area contributed by atoms with Crippen LogP contribution in [0.15, 0.2) is 30.6 Å². The molecule has 1 heterocycles. The van der Waals surface area contributed by atoms with E-state index in [4.69, 9.17) is 5.73 Å². The van der Waals surface area contributed by atoms with Crippen molar-refractivity contribution >= 4 is 17.4 Å². The summed E-state index contributed by atoms with van der Waals surface area (Å²) in [6.45, 7) is 6.15. The van der Waals surface area contributed by atoms with Crippen molar-refractivity contribution in [2.45, 2.75) is 26.7 Å². The van der Waals surface area contributed by atoms with Crippen LogP contribution in [0, 0.1) is 6.92 Å². The second-order valence-electron chi connectivity index (χ2n) is 4.97. The van der Waals surface area contributed by atoms with Gasteiger partial charge in [0, 0.05) is 5.69 Å². The maximum atomic E-state index is 12.2. The van der Waals surface area contributed by atoms with Gasteiger partial charge in [0.05, 0.1) is 12.4 Å². The van der Waals surface area contributed by atoms with E-state index in [1.165, 1.54) is 12.4 Å². The molecule has 0 radical (unpaired) electrons. The van der Waals surface area contributed by atoms with E-state index >= 15 is 0 Å². The molecule has 0 saturated carbocycles. The highest BCUT2D eigenvalue weighted by molar-refractivity contribution is 6.03. The first-order chi connectivity index (χ1) is 9.49. The maximum Gasteiger partial charge on any atom is 0.275 e. The Kier molecular flexibility index (Phi) is 3.98. The molecule has 104 valence electrons. The number of nitrogens with one attached hydrogen (secondary N) is 1. The van der Waals surface area contributed by atoms with Gasteiger partial charge in [0.25, 0.3) is 5.91 Å². The number of hydrogen-bond donors (Lipinski definition) is 2. The Labute approximate surface area is 118 Å². The summed E-state index contributed by atoms with van der Waals surface area (Å²) in [5.41, 5.74) is 8.67. The van der Waals surface area contributed by atoms with Crippen LogP contribution in [0.1, 0.15) is 41.4 Å². The summed E-state index contributed by atoms with van der Waals surface area (Å²) in [4.78, 5) is 20.1. The van der Waals surface area contributed by atoms with Crippen molar-refractivity contribution in [2.24, 2.45) is 0 Å². The minimum atomic E-state index is -0.284. The summed E-state index contributed by atoms with van der Waals surface area (Å²) in [5.74, 6) is 0.330. The van der Waals surface area contributed by atoms with Gasteiger partial charge in [-0.25, -0.2) is 9.97 Å². The largest absolute Gasteiger partial charge is 0.382 e. The van der Waals surface area contributed by atoms with Crippen molar-refractivity contribution in [3.05, 3.63) is 47.4 Å². The molecule has 0 bridgehead atoms. The zero-order chi connectivity index (χ0) is 14.7. The second kappa shape index (κ2) is 5.69. The van der Waals surface area contributed by atoms with Crippen LogP contribution in [-0.4, -0.2) is 15.9 Å². The summed E-state index contributed by atoms with van der Waals surface area (Å²) in [7, 11) is 0. The average molecular weight is 270 g/mol. The van der Waals surface area contributed by atoms with Gasteiger partial charge in [0.1, 0.15) is 11.5 Å². The van der Waals surface area contributed by atoms with E-state index < -0.39 is 0 Å². The lowest BCUT2D eigenvalue weighted by Crippen LogP contribution is -2.16. The van der Waals surface area contributed by atoms with Crippen molar-refractivity contribution in [3.63, 3.8) is 0 Å². The molecule has 1 amide bonds. The third-order valence-electron chi connectivity index (χ3n) is 3.07. The zero-order valence-electron chi connectivity index (χ0n) is 11.8. The van der Waals surface area contributed by atoms with Gasteiger partial charge in [0.2, 0.25) is 0 Å². The fraction of sp³-hybridized carbons (Fsp3) is 0.267. The molecule has 0 atom stereocenters. The van der Waals surface area contributed by atoms with Crippen LogP contribution in [0.3, 0.4) is 0 Å². The number of carbonyl (C=O) groups is 1. The first-order valence-corrected chi connectivity index (χ1v) is 6.47. The van der Waals surface area contributed by atoms with Crippen LogP contribution in [0.2, 0.25) is 0 Å². The van der Waals surface area contributed by atoms with E-state index in [0.717, 1.165) is 16.8 Å². The van der Waals surface area contributed by atoms with E-state index in [9.17, 15) is 4.79 Å². The van der Waals surface area contributed by atoms with Gasteiger partial charge in [-0.3, -0.25) is 4.79 Å². The molecule has 20 heavy (non-hydrogen) atoms. The third-order valence-corrected chi connectivity index (χ3v) is 3.07. The number of hydrogen-bond acceptors (Lipinski definition) is 4. The first kappa shape index (κ1) is 14.0.